The second-order valence-corrected chi connectivity index (χ2v) is 7.02. The Bertz CT molecular complexity index is 1010. The Labute approximate surface area is 164 Å². The van der Waals surface area contributed by atoms with E-state index in [1.54, 1.807) is 30.5 Å². The van der Waals surface area contributed by atoms with Crippen molar-refractivity contribution in [1.29, 1.82) is 5.26 Å². The Kier molecular flexibility index (Phi) is 5.16. The Hall–Kier alpha value is -3.46. The molecule has 0 aliphatic carbocycles. The maximum absolute atomic E-state index is 13.0. The van der Waals surface area contributed by atoms with Crippen LogP contribution in [-0.2, 0) is 6.54 Å². The van der Waals surface area contributed by atoms with Crippen LogP contribution in [0.3, 0.4) is 0 Å². The highest BCUT2D eigenvalue weighted by atomic mass is 16.2. The Morgan fingerprint density at radius 1 is 1.21 bits per heavy atom. The van der Waals surface area contributed by atoms with Gasteiger partial charge in [0.1, 0.15) is 5.82 Å². The van der Waals surface area contributed by atoms with E-state index in [1.165, 1.54) is 0 Å². The van der Waals surface area contributed by atoms with Crippen molar-refractivity contribution in [2.24, 2.45) is 0 Å². The second-order valence-electron chi connectivity index (χ2n) is 7.02. The number of hydrogen-bond donors (Lipinski definition) is 0. The highest BCUT2D eigenvalue weighted by Crippen LogP contribution is 2.27. The number of rotatable bonds is 4. The monoisotopic (exact) mass is 371 g/mol. The number of nitriles is 1. The van der Waals surface area contributed by atoms with Crippen molar-refractivity contribution < 1.29 is 4.79 Å². The first-order valence-electron chi connectivity index (χ1n) is 9.44. The molecular weight excluding hydrogens is 350 g/mol. The molecule has 0 unspecified atom stereocenters. The van der Waals surface area contributed by atoms with Crippen molar-refractivity contribution in [3.63, 3.8) is 0 Å². The first-order valence-corrected chi connectivity index (χ1v) is 9.44. The van der Waals surface area contributed by atoms with Gasteiger partial charge in [-0.15, -0.1) is 0 Å². The van der Waals surface area contributed by atoms with Crippen molar-refractivity contribution in [3.05, 3.63) is 83.7 Å². The fourth-order valence-electron chi connectivity index (χ4n) is 3.81. The van der Waals surface area contributed by atoms with E-state index >= 15 is 0 Å². The quantitative estimate of drug-likeness (QED) is 0.706. The average Bonchev–Trinajstić information content (AvgIpc) is 3.22. The summed E-state index contributed by atoms with van der Waals surface area (Å²) < 4.78 is 2.14. The predicted molar refractivity (Wildman–Crippen MR) is 105 cm³/mol. The minimum atomic E-state index is -0.0767. The molecule has 1 saturated heterocycles. The lowest BCUT2D eigenvalue weighted by Gasteiger charge is -2.33. The standard InChI is InChI=1S/C22H21N5O/c23-13-18-6-1-2-8-20(18)22(28)27-11-4-7-19(16-27)21-25-10-12-26(21)15-17-5-3-9-24-14-17/h1-3,5-6,8-10,12,14,19H,4,7,11,15-16H2/t19-/m1/s1. The third-order valence-corrected chi connectivity index (χ3v) is 5.18. The van der Waals surface area contributed by atoms with E-state index in [-0.39, 0.29) is 11.8 Å². The fraction of sp³-hybridized carbons (Fsp3) is 0.273. The molecule has 0 saturated carbocycles. The van der Waals surface area contributed by atoms with Gasteiger partial charge in [0.15, 0.2) is 0 Å². The number of piperidine rings is 1. The van der Waals surface area contributed by atoms with Crippen LogP contribution in [0.25, 0.3) is 0 Å². The zero-order valence-corrected chi connectivity index (χ0v) is 15.5. The topological polar surface area (TPSA) is 74.8 Å². The van der Waals surface area contributed by atoms with Gasteiger partial charge >= 0.3 is 0 Å². The molecule has 140 valence electrons. The maximum atomic E-state index is 13.0. The van der Waals surface area contributed by atoms with Gasteiger partial charge in [-0.05, 0) is 36.6 Å². The first-order chi connectivity index (χ1) is 13.8. The van der Waals surface area contributed by atoms with Crippen molar-refractivity contribution in [3.8, 4) is 6.07 Å². The highest BCUT2D eigenvalue weighted by Gasteiger charge is 2.28. The van der Waals surface area contributed by atoms with Gasteiger partial charge in [-0.25, -0.2) is 4.98 Å². The van der Waals surface area contributed by atoms with Crippen molar-refractivity contribution in [2.45, 2.75) is 25.3 Å². The third-order valence-electron chi connectivity index (χ3n) is 5.18. The number of benzene rings is 1. The lowest BCUT2D eigenvalue weighted by atomic mass is 9.95. The van der Waals surface area contributed by atoms with Crippen LogP contribution in [0, 0.1) is 11.3 Å². The molecule has 28 heavy (non-hydrogen) atoms. The fourth-order valence-corrected chi connectivity index (χ4v) is 3.81. The molecule has 4 rings (SSSR count). The van der Waals surface area contributed by atoms with Gasteiger partial charge in [-0.3, -0.25) is 9.78 Å². The van der Waals surface area contributed by atoms with Crippen LogP contribution in [0.4, 0.5) is 0 Å². The van der Waals surface area contributed by atoms with Gasteiger partial charge in [-0.1, -0.05) is 18.2 Å². The molecule has 6 heteroatoms. The zero-order valence-electron chi connectivity index (χ0n) is 15.5. The smallest absolute Gasteiger partial charge is 0.255 e. The van der Waals surface area contributed by atoms with E-state index in [9.17, 15) is 10.1 Å². The second kappa shape index (κ2) is 8.05. The number of imidazole rings is 1. The summed E-state index contributed by atoms with van der Waals surface area (Å²) in [6, 6.07) is 13.1. The van der Waals surface area contributed by atoms with Crippen LogP contribution in [0.15, 0.2) is 61.2 Å². The van der Waals surface area contributed by atoms with E-state index in [0.29, 0.717) is 30.8 Å². The molecule has 3 aromatic rings. The number of hydrogen-bond acceptors (Lipinski definition) is 4. The third kappa shape index (κ3) is 3.65. The van der Waals surface area contributed by atoms with Crippen molar-refractivity contribution in [1.82, 2.24) is 19.4 Å². The number of nitrogens with zero attached hydrogens (tertiary/aromatic N) is 5. The lowest BCUT2D eigenvalue weighted by Crippen LogP contribution is -2.40. The van der Waals surface area contributed by atoms with E-state index in [1.807, 2.05) is 35.6 Å². The number of amides is 1. The van der Waals surface area contributed by atoms with Crippen LogP contribution in [0.5, 0.6) is 0 Å². The molecule has 3 heterocycles. The van der Waals surface area contributed by atoms with Crippen LogP contribution in [0.1, 0.15) is 46.1 Å². The molecular formula is C22H21N5O. The molecule has 0 radical (unpaired) electrons. The van der Waals surface area contributed by atoms with Crippen molar-refractivity contribution in [2.75, 3.05) is 13.1 Å². The van der Waals surface area contributed by atoms with Gasteiger partial charge in [0.05, 0.1) is 23.7 Å². The molecule has 6 nitrogen and oxygen atoms in total. The summed E-state index contributed by atoms with van der Waals surface area (Å²) in [6.07, 6.45) is 9.34. The minimum Gasteiger partial charge on any atom is -0.338 e. The van der Waals surface area contributed by atoms with Crippen molar-refractivity contribution >= 4 is 5.91 Å². The average molecular weight is 371 g/mol. The van der Waals surface area contributed by atoms with Crippen LogP contribution in [0.2, 0.25) is 0 Å². The normalized spacial score (nSPS) is 16.5. The zero-order chi connectivity index (χ0) is 19.3. The predicted octanol–water partition coefficient (Wildman–Crippen LogP) is 3.22. The highest BCUT2D eigenvalue weighted by molar-refractivity contribution is 5.96. The summed E-state index contributed by atoms with van der Waals surface area (Å²) in [6.45, 7) is 2.03. The molecule has 1 aromatic carbocycles. The number of aromatic nitrogens is 3. The number of carbonyl (C=O) groups excluding carboxylic acids is 1. The van der Waals surface area contributed by atoms with E-state index in [4.69, 9.17) is 0 Å². The molecule has 1 atom stereocenters. The summed E-state index contributed by atoms with van der Waals surface area (Å²) in [5, 5.41) is 9.31. The Morgan fingerprint density at radius 3 is 2.93 bits per heavy atom. The first kappa shape index (κ1) is 17.9. The van der Waals surface area contributed by atoms with Crippen LogP contribution in [-0.4, -0.2) is 38.4 Å². The molecule has 1 aliphatic heterocycles. The summed E-state index contributed by atoms with van der Waals surface area (Å²) in [4.78, 5) is 23.6. The summed E-state index contributed by atoms with van der Waals surface area (Å²) in [7, 11) is 0. The van der Waals surface area contributed by atoms with Gasteiger partial charge in [0.2, 0.25) is 0 Å². The Morgan fingerprint density at radius 2 is 2.11 bits per heavy atom. The van der Waals surface area contributed by atoms with Gasteiger partial charge in [-0.2, -0.15) is 5.26 Å². The molecule has 1 aliphatic rings. The van der Waals surface area contributed by atoms with Crippen LogP contribution >= 0.6 is 0 Å². The number of carbonyl (C=O) groups is 1. The summed E-state index contributed by atoms with van der Waals surface area (Å²) >= 11 is 0. The molecule has 1 amide bonds. The Balaban J connectivity index is 1.53. The van der Waals surface area contributed by atoms with E-state index < -0.39 is 0 Å². The number of likely N-dealkylation sites (tertiary alicyclic amines) is 1. The van der Waals surface area contributed by atoms with Gasteiger partial charge in [0, 0.05) is 43.8 Å². The van der Waals surface area contributed by atoms with Gasteiger partial charge in [0.25, 0.3) is 5.91 Å². The molecule has 0 bridgehead atoms. The minimum absolute atomic E-state index is 0.0767. The lowest BCUT2D eigenvalue weighted by molar-refractivity contribution is 0.0703. The van der Waals surface area contributed by atoms with Crippen LogP contribution < -0.4 is 0 Å². The molecule has 2 aromatic heterocycles. The van der Waals surface area contributed by atoms with Gasteiger partial charge < -0.3 is 9.47 Å². The SMILES string of the molecule is N#Cc1ccccc1C(=O)N1CCC[C@@H](c2nccn2Cc2cccnc2)C1. The largest absolute Gasteiger partial charge is 0.338 e. The molecule has 0 N–H and O–H groups in total. The summed E-state index contributed by atoms with van der Waals surface area (Å²) in [5.41, 5.74) is 2.02. The summed E-state index contributed by atoms with van der Waals surface area (Å²) in [5.74, 6) is 1.10. The van der Waals surface area contributed by atoms with E-state index in [2.05, 4.69) is 20.6 Å². The number of pyridine rings is 1. The molecule has 0 spiro atoms. The van der Waals surface area contributed by atoms with E-state index in [0.717, 1.165) is 24.2 Å². The molecule has 1 fully saturated rings. The maximum Gasteiger partial charge on any atom is 0.255 e.